The van der Waals surface area contributed by atoms with Crippen molar-refractivity contribution in [1.29, 1.82) is 0 Å². The number of allylic oxidation sites excluding steroid dienone is 3. The summed E-state index contributed by atoms with van der Waals surface area (Å²) >= 11 is 0. The van der Waals surface area contributed by atoms with Gasteiger partial charge in [0.25, 0.3) is 0 Å². The highest BCUT2D eigenvalue weighted by Crippen LogP contribution is 2.10. The maximum atomic E-state index is 12.6. The molecule has 0 fully saturated rings. The normalized spacial score (nSPS) is 22.7. The minimum absolute atomic E-state index is 0.171. The molecule has 1 unspecified atom stereocenters. The average molecular weight is 155 g/mol. The number of alkyl halides is 1. The first-order valence-corrected chi connectivity index (χ1v) is 3.48. The van der Waals surface area contributed by atoms with Crippen LogP contribution in [0, 0.1) is 0 Å². The van der Waals surface area contributed by atoms with Gasteiger partial charge in [0.2, 0.25) is 5.91 Å². The maximum absolute atomic E-state index is 12.6. The zero-order valence-corrected chi connectivity index (χ0v) is 6.30. The summed E-state index contributed by atoms with van der Waals surface area (Å²) in [5.74, 6) is -0.171. The van der Waals surface area contributed by atoms with E-state index in [2.05, 4.69) is 5.32 Å². The number of hydrogen-bond donors (Lipinski definition) is 1. The van der Waals surface area contributed by atoms with E-state index in [0.29, 0.717) is 12.1 Å². The molecule has 0 heterocycles. The van der Waals surface area contributed by atoms with Crippen molar-refractivity contribution in [2.75, 3.05) is 0 Å². The molecule has 1 amide bonds. The second-order valence-corrected chi connectivity index (χ2v) is 2.46. The van der Waals surface area contributed by atoms with Crippen molar-refractivity contribution in [2.45, 2.75) is 19.5 Å². The van der Waals surface area contributed by atoms with Gasteiger partial charge >= 0.3 is 0 Å². The van der Waals surface area contributed by atoms with Crippen LogP contribution in [0.4, 0.5) is 4.39 Å². The zero-order valence-electron chi connectivity index (χ0n) is 6.30. The molecule has 0 saturated carbocycles. The van der Waals surface area contributed by atoms with Crippen LogP contribution in [0.15, 0.2) is 23.9 Å². The van der Waals surface area contributed by atoms with Crippen molar-refractivity contribution in [3.8, 4) is 0 Å². The standard InChI is InChI=1S/C8H10FNO/c1-6(11)10-8-4-2-3-7(9)5-8/h2,4-5,7H,3H2,1H3,(H,10,11). The van der Waals surface area contributed by atoms with Gasteiger partial charge in [0.05, 0.1) is 0 Å². The van der Waals surface area contributed by atoms with Gasteiger partial charge in [-0.15, -0.1) is 0 Å². The molecule has 0 aromatic heterocycles. The molecule has 0 spiro atoms. The number of rotatable bonds is 1. The molecule has 0 bridgehead atoms. The molecule has 1 aliphatic carbocycles. The van der Waals surface area contributed by atoms with Crippen LogP contribution in [0.25, 0.3) is 0 Å². The molecule has 1 N–H and O–H groups in total. The molecule has 11 heavy (non-hydrogen) atoms. The van der Waals surface area contributed by atoms with Crippen molar-refractivity contribution in [3.63, 3.8) is 0 Å². The molecule has 0 saturated heterocycles. The number of carbonyl (C=O) groups is 1. The van der Waals surface area contributed by atoms with E-state index in [1.54, 1.807) is 12.2 Å². The Morgan fingerprint density at radius 2 is 2.55 bits per heavy atom. The lowest BCUT2D eigenvalue weighted by molar-refractivity contribution is -0.118. The summed E-state index contributed by atoms with van der Waals surface area (Å²) in [6.45, 7) is 1.40. The smallest absolute Gasteiger partial charge is 0.221 e. The van der Waals surface area contributed by atoms with Gasteiger partial charge in [0, 0.05) is 19.0 Å². The second kappa shape index (κ2) is 3.32. The summed E-state index contributed by atoms with van der Waals surface area (Å²) in [6.07, 6.45) is 4.26. The SMILES string of the molecule is CC(=O)NC1=CC(F)CC=C1. The summed E-state index contributed by atoms with van der Waals surface area (Å²) in [6, 6.07) is 0. The Morgan fingerprint density at radius 1 is 1.82 bits per heavy atom. The van der Waals surface area contributed by atoms with Gasteiger partial charge in [-0.05, 0) is 12.2 Å². The maximum Gasteiger partial charge on any atom is 0.221 e. The van der Waals surface area contributed by atoms with E-state index in [-0.39, 0.29) is 5.91 Å². The third-order valence-electron chi connectivity index (χ3n) is 1.34. The molecule has 0 radical (unpaired) electrons. The van der Waals surface area contributed by atoms with Crippen LogP contribution in [0.3, 0.4) is 0 Å². The fourth-order valence-corrected chi connectivity index (χ4v) is 0.930. The summed E-state index contributed by atoms with van der Waals surface area (Å²) in [4.78, 5) is 10.5. The Balaban J connectivity index is 2.57. The Hall–Kier alpha value is -1.12. The van der Waals surface area contributed by atoms with E-state index >= 15 is 0 Å². The van der Waals surface area contributed by atoms with Gasteiger partial charge in [-0.3, -0.25) is 4.79 Å². The van der Waals surface area contributed by atoms with Crippen LogP contribution in [-0.2, 0) is 4.79 Å². The van der Waals surface area contributed by atoms with Crippen molar-refractivity contribution >= 4 is 5.91 Å². The minimum atomic E-state index is -0.957. The number of amides is 1. The largest absolute Gasteiger partial charge is 0.327 e. The van der Waals surface area contributed by atoms with Gasteiger partial charge in [0.15, 0.2) is 0 Å². The van der Waals surface area contributed by atoms with Crippen LogP contribution < -0.4 is 5.32 Å². The predicted molar refractivity (Wildman–Crippen MR) is 40.6 cm³/mol. The monoisotopic (exact) mass is 155 g/mol. The molecule has 0 aromatic carbocycles. The number of halogens is 1. The van der Waals surface area contributed by atoms with Crippen molar-refractivity contribution in [1.82, 2.24) is 5.32 Å². The van der Waals surface area contributed by atoms with E-state index in [4.69, 9.17) is 0 Å². The van der Waals surface area contributed by atoms with Gasteiger partial charge in [-0.2, -0.15) is 0 Å². The molecular formula is C8H10FNO. The second-order valence-electron chi connectivity index (χ2n) is 2.46. The van der Waals surface area contributed by atoms with E-state index in [0.717, 1.165) is 0 Å². The molecule has 2 nitrogen and oxygen atoms in total. The number of carbonyl (C=O) groups excluding carboxylic acids is 1. The lowest BCUT2D eigenvalue weighted by Crippen LogP contribution is -2.20. The Morgan fingerprint density at radius 3 is 3.09 bits per heavy atom. The van der Waals surface area contributed by atoms with Crippen LogP contribution in [0.1, 0.15) is 13.3 Å². The van der Waals surface area contributed by atoms with Gasteiger partial charge in [0.1, 0.15) is 6.17 Å². The molecule has 1 aliphatic rings. The molecule has 1 atom stereocenters. The third-order valence-corrected chi connectivity index (χ3v) is 1.34. The highest BCUT2D eigenvalue weighted by atomic mass is 19.1. The summed E-state index contributed by atoms with van der Waals surface area (Å²) < 4.78 is 12.6. The first kappa shape index (κ1) is 7.98. The van der Waals surface area contributed by atoms with Gasteiger partial charge < -0.3 is 5.32 Å². The predicted octanol–water partition coefficient (Wildman–Crippen LogP) is 1.30. The summed E-state index contributed by atoms with van der Waals surface area (Å²) in [5, 5.41) is 2.51. The minimum Gasteiger partial charge on any atom is -0.327 e. The molecule has 3 heteroatoms. The first-order valence-electron chi connectivity index (χ1n) is 3.48. The van der Waals surface area contributed by atoms with Crippen molar-refractivity contribution in [2.24, 2.45) is 0 Å². The molecule has 0 aliphatic heterocycles. The number of nitrogens with one attached hydrogen (secondary N) is 1. The molecule has 60 valence electrons. The van der Waals surface area contributed by atoms with E-state index < -0.39 is 6.17 Å². The summed E-state index contributed by atoms with van der Waals surface area (Å²) in [5.41, 5.74) is 0.552. The highest BCUT2D eigenvalue weighted by molar-refractivity contribution is 5.75. The average Bonchev–Trinajstić information content (AvgIpc) is 1.85. The zero-order chi connectivity index (χ0) is 8.27. The van der Waals surface area contributed by atoms with Crippen LogP contribution in [-0.4, -0.2) is 12.1 Å². The highest BCUT2D eigenvalue weighted by Gasteiger charge is 2.07. The van der Waals surface area contributed by atoms with Gasteiger partial charge in [-0.25, -0.2) is 4.39 Å². The van der Waals surface area contributed by atoms with E-state index in [1.807, 2.05) is 0 Å². The number of hydrogen-bond acceptors (Lipinski definition) is 1. The fraction of sp³-hybridized carbons (Fsp3) is 0.375. The molecular weight excluding hydrogens is 145 g/mol. The quantitative estimate of drug-likeness (QED) is 0.607. The van der Waals surface area contributed by atoms with Crippen molar-refractivity contribution < 1.29 is 9.18 Å². The van der Waals surface area contributed by atoms with Crippen LogP contribution in [0.2, 0.25) is 0 Å². The van der Waals surface area contributed by atoms with Crippen molar-refractivity contribution in [3.05, 3.63) is 23.9 Å². The lowest BCUT2D eigenvalue weighted by atomic mass is 10.1. The van der Waals surface area contributed by atoms with Crippen LogP contribution in [0.5, 0.6) is 0 Å². The Labute approximate surface area is 64.8 Å². The Kier molecular flexibility index (Phi) is 2.41. The molecule has 1 rings (SSSR count). The fourth-order valence-electron chi connectivity index (χ4n) is 0.930. The first-order chi connectivity index (χ1) is 5.18. The third kappa shape index (κ3) is 2.53. The summed E-state index contributed by atoms with van der Waals surface area (Å²) in [7, 11) is 0. The van der Waals surface area contributed by atoms with E-state index in [1.165, 1.54) is 13.0 Å². The van der Waals surface area contributed by atoms with Gasteiger partial charge in [-0.1, -0.05) is 6.08 Å². The van der Waals surface area contributed by atoms with Crippen LogP contribution >= 0.6 is 0 Å². The molecule has 0 aromatic rings. The Bertz CT molecular complexity index is 220. The van der Waals surface area contributed by atoms with E-state index in [9.17, 15) is 9.18 Å². The topological polar surface area (TPSA) is 29.1 Å². The lowest BCUT2D eigenvalue weighted by Gasteiger charge is -2.09.